The lowest BCUT2D eigenvalue weighted by Gasteiger charge is -2.32. The van der Waals surface area contributed by atoms with Gasteiger partial charge in [-0.2, -0.15) is 0 Å². The van der Waals surface area contributed by atoms with E-state index in [0.29, 0.717) is 11.0 Å². The smallest absolute Gasteiger partial charge is 0.321 e. The summed E-state index contributed by atoms with van der Waals surface area (Å²) in [6.45, 7) is 2.99. The van der Waals surface area contributed by atoms with Gasteiger partial charge >= 0.3 is 6.03 Å². The summed E-state index contributed by atoms with van der Waals surface area (Å²) in [6.07, 6.45) is 4.35. The van der Waals surface area contributed by atoms with Crippen molar-refractivity contribution in [2.45, 2.75) is 44.2 Å². The molecule has 0 atom stereocenters. The number of amides is 2. The van der Waals surface area contributed by atoms with Crippen molar-refractivity contribution < 1.29 is 4.79 Å². The third-order valence-corrected chi connectivity index (χ3v) is 5.76. The van der Waals surface area contributed by atoms with Crippen LogP contribution >= 0.6 is 11.3 Å². The minimum absolute atomic E-state index is 0.167. The van der Waals surface area contributed by atoms with Crippen LogP contribution in [0.25, 0.3) is 0 Å². The first-order valence-corrected chi connectivity index (χ1v) is 9.75. The van der Waals surface area contributed by atoms with E-state index >= 15 is 0 Å². The second kappa shape index (κ2) is 7.49. The maximum absolute atomic E-state index is 12.2. The number of hydrogen-bond donors (Lipinski definition) is 2. The number of anilines is 1. The van der Waals surface area contributed by atoms with Gasteiger partial charge in [0.25, 0.3) is 0 Å². The normalized spacial score (nSPS) is 18.9. The number of hydrogen-bond acceptors (Lipinski definition) is 5. The Labute approximate surface area is 151 Å². The number of carbonyl (C=O) groups is 1. The summed E-state index contributed by atoms with van der Waals surface area (Å²) >= 11 is 1.49. The van der Waals surface area contributed by atoms with Crippen LogP contribution in [0.3, 0.4) is 0 Å². The Balaban J connectivity index is 1.20. The number of carbonyl (C=O) groups excluding carboxylic acids is 1. The Bertz CT molecular complexity index is 707. The van der Waals surface area contributed by atoms with Gasteiger partial charge in [-0.3, -0.25) is 10.2 Å². The maximum atomic E-state index is 12.2. The fourth-order valence-electron chi connectivity index (χ4n) is 3.18. The van der Waals surface area contributed by atoms with Crippen LogP contribution in [0.4, 0.5) is 9.93 Å². The van der Waals surface area contributed by atoms with Crippen LogP contribution in [0, 0.1) is 0 Å². The van der Waals surface area contributed by atoms with Crippen LogP contribution in [0.1, 0.15) is 42.2 Å². The van der Waals surface area contributed by atoms with Gasteiger partial charge in [0.15, 0.2) is 0 Å². The summed E-state index contributed by atoms with van der Waals surface area (Å²) in [6, 6.07) is 10.6. The molecule has 2 fully saturated rings. The molecule has 1 aromatic carbocycles. The third-order valence-electron chi connectivity index (χ3n) is 4.76. The second-order valence-corrected chi connectivity index (χ2v) is 7.86. The Kier molecular flexibility index (Phi) is 4.94. The maximum Gasteiger partial charge on any atom is 0.321 e. The average molecular weight is 357 g/mol. The van der Waals surface area contributed by atoms with Crippen LogP contribution < -0.4 is 10.6 Å². The highest BCUT2D eigenvalue weighted by molar-refractivity contribution is 7.15. The Hall–Kier alpha value is -1.99. The van der Waals surface area contributed by atoms with Gasteiger partial charge in [-0.25, -0.2) is 4.79 Å². The molecule has 6 nitrogen and oxygen atoms in total. The molecule has 1 aliphatic carbocycles. The molecule has 1 saturated heterocycles. The molecular formula is C18H23N5OS. The quantitative estimate of drug-likeness (QED) is 0.862. The fraction of sp³-hybridized carbons (Fsp3) is 0.500. The molecule has 1 saturated carbocycles. The van der Waals surface area contributed by atoms with Crippen molar-refractivity contribution in [3.05, 3.63) is 40.9 Å². The molecule has 1 aromatic heterocycles. The van der Waals surface area contributed by atoms with Crippen molar-refractivity contribution in [3.63, 3.8) is 0 Å². The number of benzene rings is 1. The molecular weight excluding hydrogens is 334 g/mol. The molecule has 25 heavy (non-hydrogen) atoms. The topological polar surface area (TPSA) is 70.1 Å². The summed E-state index contributed by atoms with van der Waals surface area (Å²) in [5, 5.41) is 15.7. The van der Waals surface area contributed by atoms with E-state index in [1.807, 2.05) is 6.07 Å². The highest BCUT2D eigenvalue weighted by Gasteiger charge is 2.28. The van der Waals surface area contributed by atoms with Crippen LogP contribution in [0.5, 0.6) is 0 Å². The monoisotopic (exact) mass is 357 g/mol. The van der Waals surface area contributed by atoms with Crippen molar-refractivity contribution in [2.24, 2.45) is 0 Å². The number of piperidine rings is 1. The molecule has 0 unspecified atom stereocenters. The Morgan fingerprint density at radius 2 is 1.88 bits per heavy atom. The predicted octanol–water partition coefficient (Wildman–Crippen LogP) is 3.20. The summed E-state index contributed by atoms with van der Waals surface area (Å²) in [5.41, 5.74) is 1.34. The number of urea groups is 1. The highest BCUT2D eigenvalue weighted by atomic mass is 32.1. The van der Waals surface area contributed by atoms with E-state index in [-0.39, 0.29) is 12.1 Å². The van der Waals surface area contributed by atoms with Gasteiger partial charge in [0.2, 0.25) is 5.13 Å². The van der Waals surface area contributed by atoms with E-state index in [9.17, 15) is 4.79 Å². The van der Waals surface area contributed by atoms with Gasteiger partial charge in [-0.05, 0) is 31.2 Å². The van der Waals surface area contributed by atoms with Crippen molar-refractivity contribution in [1.82, 2.24) is 20.4 Å². The molecule has 7 heteroatoms. The van der Waals surface area contributed by atoms with Crippen molar-refractivity contribution in [3.8, 4) is 0 Å². The summed E-state index contributed by atoms with van der Waals surface area (Å²) in [4.78, 5) is 14.6. The lowest BCUT2D eigenvalue weighted by Crippen LogP contribution is -2.45. The summed E-state index contributed by atoms with van der Waals surface area (Å²) in [5.74, 6) is 0.574. The molecule has 4 rings (SSSR count). The molecule has 2 aromatic rings. The van der Waals surface area contributed by atoms with E-state index < -0.39 is 0 Å². The van der Waals surface area contributed by atoms with Crippen LogP contribution in [-0.4, -0.2) is 40.3 Å². The molecule has 2 heterocycles. The third kappa shape index (κ3) is 4.55. The SMILES string of the molecule is O=C(Nc1nnc(C2CC2)s1)NC1CCN(Cc2ccccc2)CC1. The lowest BCUT2D eigenvalue weighted by molar-refractivity contribution is 0.190. The zero-order chi connectivity index (χ0) is 17.1. The average Bonchev–Trinajstić information content (AvgIpc) is 3.37. The Morgan fingerprint density at radius 1 is 1.12 bits per heavy atom. The van der Waals surface area contributed by atoms with E-state index in [4.69, 9.17) is 0 Å². The van der Waals surface area contributed by atoms with Crippen LogP contribution in [0.2, 0.25) is 0 Å². The van der Waals surface area contributed by atoms with Crippen molar-refractivity contribution >= 4 is 22.5 Å². The van der Waals surface area contributed by atoms with Gasteiger partial charge < -0.3 is 5.32 Å². The molecule has 1 aliphatic heterocycles. The summed E-state index contributed by atoms with van der Waals surface area (Å²) in [7, 11) is 0. The van der Waals surface area contributed by atoms with Gasteiger partial charge in [0.05, 0.1) is 0 Å². The second-order valence-electron chi connectivity index (χ2n) is 6.85. The van der Waals surface area contributed by atoms with Gasteiger partial charge in [0, 0.05) is 31.6 Å². The molecule has 132 valence electrons. The molecule has 0 spiro atoms. The van der Waals surface area contributed by atoms with Crippen molar-refractivity contribution in [1.29, 1.82) is 0 Å². The molecule has 2 aliphatic rings. The van der Waals surface area contributed by atoms with Gasteiger partial charge in [-0.15, -0.1) is 10.2 Å². The van der Waals surface area contributed by atoms with Crippen LogP contribution in [0.15, 0.2) is 30.3 Å². The first-order chi connectivity index (χ1) is 12.3. The number of nitrogens with zero attached hydrogens (tertiary/aromatic N) is 3. The zero-order valence-corrected chi connectivity index (χ0v) is 15.0. The number of nitrogens with one attached hydrogen (secondary N) is 2. The van der Waals surface area contributed by atoms with Gasteiger partial charge in [-0.1, -0.05) is 41.7 Å². The molecule has 0 radical (unpaired) electrons. The van der Waals surface area contributed by atoms with Crippen LogP contribution in [-0.2, 0) is 6.54 Å². The molecule has 2 N–H and O–H groups in total. The van der Waals surface area contributed by atoms with E-state index in [2.05, 4.69) is 50.0 Å². The Morgan fingerprint density at radius 3 is 2.60 bits per heavy atom. The van der Waals surface area contributed by atoms with Gasteiger partial charge in [0.1, 0.15) is 5.01 Å². The zero-order valence-electron chi connectivity index (χ0n) is 14.1. The molecule has 0 bridgehead atoms. The minimum atomic E-state index is -0.167. The predicted molar refractivity (Wildman–Crippen MR) is 98.8 cm³/mol. The first kappa shape index (κ1) is 16.5. The van der Waals surface area contributed by atoms with E-state index in [0.717, 1.165) is 37.5 Å². The molecule has 2 amide bonds. The summed E-state index contributed by atoms with van der Waals surface area (Å²) < 4.78 is 0. The standard InChI is InChI=1S/C18H23N5OS/c24-17(20-18-22-21-16(25-18)14-6-7-14)19-15-8-10-23(11-9-15)12-13-4-2-1-3-5-13/h1-5,14-15H,6-12H2,(H2,19,20,22,24). The first-order valence-electron chi connectivity index (χ1n) is 8.93. The lowest BCUT2D eigenvalue weighted by atomic mass is 10.0. The number of likely N-dealkylation sites (tertiary alicyclic amines) is 1. The minimum Gasteiger partial charge on any atom is -0.335 e. The van der Waals surface area contributed by atoms with Crippen molar-refractivity contribution in [2.75, 3.05) is 18.4 Å². The number of aromatic nitrogens is 2. The number of rotatable bonds is 5. The largest absolute Gasteiger partial charge is 0.335 e. The fourth-order valence-corrected chi connectivity index (χ4v) is 4.08. The highest BCUT2D eigenvalue weighted by Crippen LogP contribution is 2.42. The van der Waals surface area contributed by atoms with E-state index in [1.54, 1.807) is 0 Å². The van der Waals surface area contributed by atoms with E-state index in [1.165, 1.54) is 29.7 Å².